The molecule has 162 valence electrons. The molecule has 2 aromatic heterocycles. The van der Waals surface area contributed by atoms with E-state index in [4.69, 9.17) is 21.2 Å². The van der Waals surface area contributed by atoms with Crippen molar-refractivity contribution in [3.05, 3.63) is 40.8 Å². The average molecular weight is 472 g/mol. The van der Waals surface area contributed by atoms with Crippen molar-refractivity contribution < 1.29 is 17.9 Å². The van der Waals surface area contributed by atoms with E-state index in [9.17, 15) is 13.5 Å². The molecule has 0 aliphatic carbocycles. The number of hydrogen-bond donors (Lipinski definition) is 4. The molecule has 1 aromatic carbocycles. The summed E-state index contributed by atoms with van der Waals surface area (Å²) < 4.78 is 37.6. The van der Waals surface area contributed by atoms with Crippen molar-refractivity contribution in [2.45, 2.75) is 44.0 Å². The molecule has 30 heavy (non-hydrogen) atoms. The first-order valence-corrected chi connectivity index (χ1v) is 11.8. The lowest BCUT2D eigenvalue weighted by atomic mass is 10.1. The third-order valence-electron chi connectivity index (χ3n) is 4.48. The second kappa shape index (κ2) is 8.80. The van der Waals surface area contributed by atoms with Gasteiger partial charge in [-0.25, -0.2) is 13.6 Å². The summed E-state index contributed by atoms with van der Waals surface area (Å²) in [6.07, 6.45) is 2.47. The average Bonchev–Trinajstić information content (AvgIpc) is 3.30. The van der Waals surface area contributed by atoms with Crippen molar-refractivity contribution >= 4 is 50.7 Å². The van der Waals surface area contributed by atoms with Crippen LogP contribution in [0.15, 0.2) is 33.8 Å². The van der Waals surface area contributed by atoms with Crippen LogP contribution in [0.4, 0.5) is 17.3 Å². The lowest BCUT2D eigenvalue weighted by molar-refractivity contribution is 0.461. The lowest BCUT2D eigenvalue weighted by Crippen LogP contribution is -2.14. The minimum atomic E-state index is -4.22. The Hall–Kier alpha value is -2.34. The molecule has 3 aromatic rings. The Morgan fingerprint density at radius 1 is 1.30 bits per heavy atom. The van der Waals surface area contributed by atoms with E-state index >= 15 is 0 Å². The van der Waals surface area contributed by atoms with Crippen LogP contribution in [0.2, 0.25) is 5.02 Å². The summed E-state index contributed by atoms with van der Waals surface area (Å²) in [6.45, 7) is 6.18. The molecule has 12 heteroatoms. The molecule has 1 atom stereocenters. The van der Waals surface area contributed by atoms with E-state index < -0.39 is 20.7 Å². The molecule has 9 nitrogen and oxygen atoms in total. The molecule has 0 unspecified atom stereocenters. The highest BCUT2D eigenvalue weighted by Gasteiger charge is 2.23. The number of halogens is 1. The first kappa shape index (κ1) is 22.3. The van der Waals surface area contributed by atoms with E-state index in [1.165, 1.54) is 12.1 Å². The first-order chi connectivity index (χ1) is 14.1. The van der Waals surface area contributed by atoms with Crippen LogP contribution in [0.25, 0.3) is 0 Å². The molecule has 3 rings (SSSR count). The van der Waals surface area contributed by atoms with E-state index in [2.05, 4.69) is 33.2 Å². The number of phenolic OH excluding ortho intramolecular Hbond substituents is 1. The number of nitrogens with two attached hydrogens (primary N) is 1. The maximum Gasteiger partial charge on any atom is 0.243 e. The smallest absolute Gasteiger partial charge is 0.243 e. The van der Waals surface area contributed by atoms with E-state index in [1.807, 2.05) is 13.0 Å². The van der Waals surface area contributed by atoms with Gasteiger partial charge in [0.15, 0.2) is 17.4 Å². The van der Waals surface area contributed by atoms with Gasteiger partial charge in [0, 0.05) is 0 Å². The first-order valence-electron chi connectivity index (χ1n) is 9.10. The van der Waals surface area contributed by atoms with Gasteiger partial charge in [-0.1, -0.05) is 32.4 Å². The highest BCUT2D eigenvalue weighted by atomic mass is 35.5. The normalized spacial score (nSPS) is 12.9. The Morgan fingerprint density at radius 2 is 2.00 bits per heavy atom. The zero-order chi connectivity index (χ0) is 22.1. The zero-order valence-electron chi connectivity index (χ0n) is 16.5. The van der Waals surface area contributed by atoms with Crippen LogP contribution in [0.1, 0.15) is 50.5 Å². The molecule has 2 heterocycles. The zero-order valence-corrected chi connectivity index (χ0v) is 18.9. The van der Waals surface area contributed by atoms with Gasteiger partial charge in [-0.15, -0.1) is 0 Å². The Balaban J connectivity index is 1.87. The van der Waals surface area contributed by atoms with Crippen molar-refractivity contribution in [3.8, 4) is 5.75 Å². The van der Waals surface area contributed by atoms with Gasteiger partial charge >= 0.3 is 0 Å². The number of rotatable bonds is 8. The SMILES string of the molecule is CC[C@@H](Nc1nsnc1Nc1ccc(Cl)c(S(N)(=O)=O)c1O)c1cc(C(C)C)co1. The van der Waals surface area contributed by atoms with Crippen molar-refractivity contribution in [2.75, 3.05) is 10.6 Å². The minimum Gasteiger partial charge on any atom is -0.504 e. The number of furan rings is 1. The quantitative estimate of drug-likeness (QED) is 0.350. The van der Waals surface area contributed by atoms with Crippen molar-refractivity contribution in [3.63, 3.8) is 0 Å². The molecule has 0 fully saturated rings. The molecule has 0 amide bonds. The number of anilines is 3. The summed E-state index contributed by atoms with van der Waals surface area (Å²) in [4.78, 5) is -0.560. The Morgan fingerprint density at radius 3 is 2.60 bits per heavy atom. The third-order valence-corrected chi connectivity index (χ3v) is 6.42. The van der Waals surface area contributed by atoms with Crippen LogP contribution in [0.5, 0.6) is 5.75 Å². The number of aromatic nitrogens is 2. The third kappa shape index (κ3) is 4.69. The number of aromatic hydroxyl groups is 1. The fraction of sp³-hybridized carbons (Fsp3) is 0.333. The minimum absolute atomic E-state index is 0.0762. The molecule has 0 spiro atoms. The van der Waals surface area contributed by atoms with E-state index in [0.717, 1.165) is 29.5 Å². The van der Waals surface area contributed by atoms with Crippen LogP contribution < -0.4 is 15.8 Å². The number of sulfonamides is 1. The Kier molecular flexibility index (Phi) is 6.56. The maximum atomic E-state index is 11.7. The number of hydrogen-bond acceptors (Lipinski definition) is 9. The van der Waals surface area contributed by atoms with Gasteiger partial charge in [-0.3, -0.25) is 0 Å². The molecule has 0 aliphatic heterocycles. The van der Waals surface area contributed by atoms with Crippen LogP contribution in [0, 0.1) is 0 Å². The second-order valence-electron chi connectivity index (χ2n) is 6.95. The molecule has 0 radical (unpaired) electrons. The lowest BCUT2D eigenvalue weighted by Gasteiger charge is -2.16. The van der Waals surface area contributed by atoms with Gasteiger partial charge < -0.3 is 20.2 Å². The van der Waals surface area contributed by atoms with Crippen molar-refractivity contribution in [1.82, 2.24) is 8.75 Å². The van der Waals surface area contributed by atoms with Gasteiger partial charge in [-0.05, 0) is 36.1 Å². The van der Waals surface area contributed by atoms with Crippen LogP contribution >= 0.6 is 23.3 Å². The highest BCUT2D eigenvalue weighted by Crippen LogP contribution is 2.39. The highest BCUT2D eigenvalue weighted by molar-refractivity contribution is 7.89. The summed E-state index contributed by atoms with van der Waals surface area (Å²) in [7, 11) is -4.22. The maximum absolute atomic E-state index is 11.7. The standard InChI is InChI=1S/C18H22ClN5O4S2/c1-4-12(14-7-10(8-28-14)9(2)3)21-17-18(24-29-23-17)22-13-6-5-11(19)16(15(13)25)30(20,26)27/h5-9,12,25H,4H2,1-3H3,(H,21,23)(H,22,24)(H2,20,26,27)/t12-/m1/s1. The van der Waals surface area contributed by atoms with Gasteiger partial charge in [0.25, 0.3) is 0 Å². The summed E-state index contributed by atoms with van der Waals surface area (Å²) in [5.74, 6) is 1.27. The van der Waals surface area contributed by atoms with Crippen LogP contribution in [0.3, 0.4) is 0 Å². The number of benzene rings is 1. The summed E-state index contributed by atoms with van der Waals surface area (Å²) in [6, 6.07) is 4.60. The molecule has 0 saturated heterocycles. The van der Waals surface area contributed by atoms with E-state index in [-0.39, 0.29) is 16.8 Å². The molecule has 0 saturated carbocycles. The fourth-order valence-electron chi connectivity index (χ4n) is 2.80. The summed E-state index contributed by atoms with van der Waals surface area (Å²) in [5.41, 5.74) is 1.17. The second-order valence-corrected chi connectivity index (χ2v) is 9.38. The number of nitrogens with one attached hydrogen (secondary N) is 2. The monoisotopic (exact) mass is 471 g/mol. The van der Waals surface area contributed by atoms with Gasteiger partial charge in [0.05, 0.1) is 34.7 Å². The van der Waals surface area contributed by atoms with Crippen molar-refractivity contribution in [1.29, 1.82) is 0 Å². The predicted octanol–water partition coefficient (Wildman–Crippen LogP) is 4.57. The number of nitrogens with zero attached hydrogens (tertiary/aromatic N) is 2. The molecular formula is C18H22ClN5O4S2. The van der Waals surface area contributed by atoms with Gasteiger partial charge in [0.1, 0.15) is 10.7 Å². The topological polar surface area (TPSA) is 143 Å². The fourth-order valence-corrected chi connectivity index (χ4v) is 4.47. The van der Waals surface area contributed by atoms with E-state index in [0.29, 0.717) is 17.6 Å². The van der Waals surface area contributed by atoms with Gasteiger partial charge in [0.2, 0.25) is 10.0 Å². The molecule has 0 bridgehead atoms. The predicted molar refractivity (Wildman–Crippen MR) is 117 cm³/mol. The van der Waals surface area contributed by atoms with Crippen LogP contribution in [-0.4, -0.2) is 22.3 Å². The molecular weight excluding hydrogens is 450 g/mol. The summed E-state index contributed by atoms with van der Waals surface area (Å²) >= 11 is 6.84. The summed E-state index contributed by atoms with van der Waals surface area (Å²) in [5, 5.41) is 21.5. The Labute approximate surface area is 183 Å². The largest absolute Gasteiger partial charge is 0.504 e. The number of phenols is 1. The van der Waals surface area contributed by atoms with Crippen molar-refractivity contribution in [2.24, 2.45) is 5.14 Å². The van der Waals surface area contributed by atoms with E-state index in [1.54, 1.807) is 6.26 Å². The number of primary sulfonamides is 1. The Bertz CT molecular complexity index is 1140. The van der Waals surface area contributed by atoms with Gasteiger partial charge in [-0.2, -0.15) is 8.75 Å². The molecule has 0 aliphatic rings. The molecule has 5 N–H and O–H groups in total. The van der Waals surface area contributed by atoms with Crippen LogP contribution in [-0.2, 0) is 10.0 Å².